The minimum absolute atomic E-state index is 0.0957. The number of fused-ring (bicyclic) bond motifs is 1. The van der Waals surface area contributed by atoms with E-state index in [4.69, 9.17) is 10.7 Å². The molecule has 0 aliphatic heterocycles. The quantitative estimate of drug-likeness (QED) is 0.946. The van der Waals surface area contributed by atoms with E-state index in [1.54, 1.807) is 0 Å². The zero-order chi connectivity index (χ0) is 12.6. The molecule has 0 spiro atoms. The third-order valence-electron chi connectivity index (χ3n) is 3.14. The Hall–Kier alpha value is -0.870. The second-order valence-corrected chi connectivity index (χ2v) is 5.82. The van der Waals surface area contributed by atoms with E-state index < -0.39 is 0 Å². The van der Waals surface area contributed by atoms with Gasteiger partial charge in [0.25, 0.3) is 0 Å². The maximum atomic E-state index is 5.85. The van der Waals surface area contributed by atoms with Crippen LogP contribution in [0.3, 0.4) is 0 Å². The number of hydrogen-bond donors (Lipinski definition) is 1. The van der Waals surface area contributed by atoms with Crippen LogP contribution in [-0.4, -0.2) is 16.1 Å². The van der Waals surface area contributed by atoms with Gasteiger partial charge in [0.05, 0.1) is 11.0 Å². The molecule has 0 fully saturated rings. The number of halogens is 1. The second kappa shape index (κ2) is 4.42. The lowest BCUT2D eigenvalue weighted by Gasteiger charge is -2.22. The van der Waals surface area contributed by atoms with Crippen molar-refractivity contribution in [3.8, 4) is 0 Å². The Morgan fingerprint density at radius 1 is 1.41 bits per heavy atom. The van der Waals surface area contributed by atoms with Gasteiger partial charge in [0, 0.05) is 23.0 Å². The van der Waals surface area contributed by atoms with E-state index in [9.17, 15) is 0 Å². The average Bonchev–Trinajstić information content (AvgIpc) is 2.67. The number of aryl methyl sites for hydroxylation is 1. The lowest BCUT2D eigenvalue weighted by atomic mass is 9.92. The van der Waals surface area contributed by atoms with Crippen LogP contribution in [0.15, 0.2) is 22.7 Å². The normalized spacial score (nSPS) is 12.3. The van der Waals surface area contributed by atoms with Gasteiger partial charge >= 0.3 is 0 Å². The summed E-state index contributed by atoms with van der Waals surface area (Å²) in [6, 6.07) is 6.21. The zero-order valence-corrected chi connectivity index (χ0v) is 12.1. The minimum atomic E-state index is -0.0957. The van der Waals surface area contributed by atoms with Crippen molar-refractivity contribution in [3.05, 3.63) is 28.5 Å². The molecule has 2 rings (SSSR count). The van der Waals surface area contributed by atoms with Crippen LogP contribution in [0.5, 0.6) is 0 Å². The highest BCUT2D eigenvalue weighted by Crippen LogP contribution is 2.27. The van der Waals surface area contributed by atoms with Crippen LogP contribution in [0.4, 0.5) is 0 Å². The molecule has 17 heavy (non-hydrogen) atoms. The largest absolute Gasteiger partial charge is 0.329 e. The van der Waals surface area contributed by atoms with Gasteiger partial charge in [-0.1, -0.05) is 29.8 Å². The lowest BCUT2D eigenvalue weighted by molar-refractivity contribution is 0.477. The zero-order valence-electron chi connectivity index (χ0n) is 10.5. The summed E-state index contributed by atoms with van der Waals surface area (Å²) in [6.45, 7) is 7.92. The second-order valence-electron chi connectivity index (χ2n) is 4.90. The number of imidazole rings is 1. The first-order valence-electron chi connectivity index (χ1n) is 5.86. The van der Waals surface area contributed by atoms with Gasteiger partial charge in [0.2, 0.25) is 0 Å². The molecule has 0 aliphatic rings. The van der Waals surface area contributed by atoms with E-state index >= 15 is 0 Å². The molecule has 3 nitrogen and oxygen atoms in total. The highest BCUT2D eigenvalue weighted by atomic mass is 79.9. The van der Waals surface area contributed by atoms with Crippen LogP contribution in [0.25, 0.3) is 11.0 Å². The fourth-order valence-electron chi connectivity index (χ4n) is 2.03. The summed E-state index contributed by atoms with van der Waals surface area (Å²) in [5, 5.41) is 0. The molecule has 1 heterocycles. The summed E-state index contributed by atoms with van der Waals surface area (Å²) in [5.74, 6) is 1.07. The number of nitrogens with two attached hydrogens (primary N) is 1. The van der Waals surface area contributed by atoms with Crippen LogP contribution in [-0.2, 0) is 12.0 Å². The standard InChI is InChI=1S/C13H18BrN3/c1-4-17-11-6-5-9(14)7-10(11)16-12(17)13(2,3)8-15/h5-7H,4,8,15H2,1-3H3. The number of benzene rings is 1. The Balaban J connectivity index is 2.72. The molecular weight excluding hydrogens is 278 g/mol. The number of rotatable bonds is 3. The molecule has 4 heteroatoms. The van der Waals surface area contributed by atoms with Crippen molar-refractivity contribution in [2.45, 2.75) is 32.7 Å². The van der Waals surface area contributed by atoms with Gasteiger partial charge in [0.15, 0.2) is 0 Å². The Morgan fingerprint density at radius 2 is 2.12 bits per heavy atom. The lowest BCUT2D eigenvalue weighted by Crippen LogP contribution is -2.31. The van der Waals surface area contributed by atoms with E-state index in [1.807, 2.05) is 0 Å². The van der Waals surface area contributed by atoms with Crippen LogP contribution in [0.2, 0.25) is 0 Å². The van der Waals surface area contributed by atoms with E-state index in [0.717, 1.165) is 22.4 Å². The van der Waals surface area contributed by atoms with Crippen molar-refractivity contribution in [1.29, 1.82) is 0 Å². The third-order valence-corrected chi connectivity index (χ3v) is 3.64. The number of hydrogen-bond acceptors (Lipinski definition) is 2. The first-order valence-corrected chi connectivity index (χ1v) is 6.65. The maximum absolute atomic E-state index is 5.85. The Kier molecular flexibility index (Phi) is 3.27. The molecule has 0 aliphatic carbocycles. The van der Waals surface area contributed by atoms with Crippen molar-refractivity contribution in [2.24, 2.45) is 5.73 Å². The topological polar surface area (TPSA) is 43.8 Å². The van der Waals surface area contributed by atoms with Gasteiger partial charge in [-0.15, -0.1) is 0 Å². The Labute approximate surface area is 110 Å². The Morgan fingerprint density at radius 3 is 2.71 bits per heavy atom. The predicted molar refractivity (Wildman–Crippen MR) is 75.2 cm³/mol. The molecule has 1 aromatic heterocycles. The van der Waals surface area contributed by atoms with E-state index in [1.165, 1.54) is 5.52 Å². The van der Waals surface area contributed by atoms with Gasteiger partial charge in [-0.3, -0.25) is 0 Å². The molecule has 92 valence electrons. The van der Waals surface area contributed by atoms with Crippen molar-refractivity contribution in [2.75, 3.05) is 6.54 Å². The molecule has 0 bridgehead atoms. The summed E-state index contributed by atoms with van der Waals surface area (Å²) < 4.78 is 3.30. The molecule has 0 amide bonds. The molecule has 0 unspecified atom stereocenters. The summed E-state index contributed by atoms with van der Waals surface area (Å²) in [4.78, 5) is 4.74. The van der Waals surface area contributed by atoms with Crippen molar-refractivity contribution in [3.63, 3.8) is 0 Å². The van der Waals surface area contributed by atoms with Crippen molar-refractivity contribution >= 4 is 27.0 Å². The van der Waals surface area contributed by atoms with Crippen LogP contribution in [0.1, 0.15) is 26.6 Å². The predicted octanol–water partition coefficient (Wildman–Crippen LogP) is 3.06. The minimum Gasteiger partial charge on any atom is -0.329 e. The van der Waals surface area contributed by atoms with Crippen LogP contribution < -0.4 is 5.73 Å². The molecule has 0 atom stereocenters. The number of aromatic nitrogens is 2. The molecule has 1 aromatic carbocycles. The average molecular weight is 296 g/mol. The van der Waals surface area contributed by atoms with Gasteiger partial charge in [-0.05, 0) is 25.1 Å². The van der Waals surface area contributed by atoms with Gasteiger partial charge in [-0.25, -0.2) is 4.98 Å². The summed E-state index contributed by atoms with van der Waals surface area (Å²) in [5.41, 5.74) is 7.95. The fourth-order valence-corrected chi connectivity index (χ4v) is 2.38. The van der Waals surface area contributed by atoms with E-state index in [0.29, 0.717) is 6.54 Å². The summed E-state index contributed by atoms with van der Waals surface area (Å²) >= 11 is 3.48. The fraction of sp³-hybridized carbons (Fsp3) is 0.462. The number of nitrogens with zero attached hydrogens (tertiary/aromatic N) is 2. The molecule has 0 saturated carbocycles. The third kappa shape index (κ3) is 2.11. The molecule has 2 aromatic rings. The van der Waals surface area contributed by atoms with Gasteiger partial charge in [-0.2, -0.15) is 0 Å². The molecule has 0 radical (unpaired) electrons. The van der Waals surface area contributed by atoms with E-state index in [2.05, 4.69) is 59.5 Å². The van der Waals surface area contributed by atoms with Crippen LogP contribution >= 0.6 is 15.9 Å². The van der Waals surface area contributed by atoms with Crippen LogP contribution in [0, 0.1) is 0 Å². The highest BCUT2D eigenvalue weighted by Gasteiger charge is 2.25. The van der Waals surface area contributed by atoms with Crippen molar-refractivity contribution < 1.29 is 0 Å². The molecular formula is C13H18BrN3. The Bertz CT molecular complexity index is 543. The van der Waals surface area contributed by atoms with Gasteiger partial charge < -0.3 is 10.3 Å². The van der Waals surface area contributed by atoms with E-state index in [-0.39, 0.29) is 5.41 Å². The summed E-state index contributed by atoms with van der Waals surface area (Å²) in [7, 11) is 0. The summed E-state index contributed by atoms with van der Waals surface area (Å²) in [6.07, 6.45) is 0. The first-order chi connectivity index (χ1) is 7.99. The van der Waals surface area contributed by atoms with Crippen molar-refractivity contribution in [1.82, 2.24) is 9.55 Å². The SMILES string of the molecule is CCn1c(C(C)(C)CN)nc2cc(Br)ccc21. The highest BCUT2D eigenvalue weighted by molar-refractivity contribution is 9.10. The smallest absolute Gasteiger partial charge is 0.116 e. The first kappa shape index (κ1) is 12.6. The monoisotopic (exact) mass is 295 g/mol. The maximum Gasteiger partial charge on any atom is 0.116 e. The van der Waals surface area contributed by atoms with Gasteiger partial charge in [0.1, 0.15) is 5.82 Å². The molecule has 2 N–H and O–H groups in total. The molecule has 0 saturated heterocycles.